The van der Waals surface area contributed by atoms with E-state index in [-0.39, 0.29) is 6.04 Å². The zero-order chi connectivity index (χ0) is 14.7. The van der Waals surface area contributed by atoms with Crippen LogP contribution in [0.5, 0.6) is 5.75 Å². The molecule has 2 rings (SSSR count). The standard InChI is InChI=1S/C18H29NO/c1-12(2)15-7-5-6-8-17(15)19-14(4)16-10-9-13(3)11-18(16)20/h9-12,14-15,17,19-20H,5-8H2,1-4H3. The van der Waals surface area contributed by atoms with Gasteiger partial charge in [0.25, 0.3) is 0 Å². The van der Waals surface area contributed by atoms with Gasteiger partial charge in [0.1, 0.15) is 5.75 Å². The quantitative estimate of drug-likeness (QED) is 0.844. The van der Waals surface area contributed by atoms with E-state index in [0.717, 1.165) is 23.0 Å². The highest BCUT2D eigenvalue weighted by Gasteiger charge is 2.28. The van der Waals surface area contributed by atoms with Crippen LogP contribution in [-0.2, 0) is 0 Å². The van der Waals surface area contributed by atoms with Crippen LogP contribution in [0.1, 0.15) is 63.6 Å². The Kier molecular flexibility index (Phi) is 5.09. The molecule has 0 spiro atoms. The van der Waals surface area contributed by atoms with Crippen molar-refractivity contribution in [2.75, 3.05) is 0 Å². The molecular weight excluding hydrogens is 246 g/mol. The van der Waals surface area contributed by atoms with Crippen LogP contribution in [0.3, 0.4) is 0 Å². The van der Waals surface area contributed by atoms with E-state index in [2.05, 4.69) is 38.2 Å². The average Bonchev–Trinajstić information content (AvgIpc) is 2.38. The van der Waals surface area contributed by atoms with Crippen molar-refractivity contribution in [2.45, 2.75) is 65.5 Å². The van der Waals surface area contributed by atoms with Crippen molar-refractivity contribution in [2.24, 2.45) is 11.8 Å². The minimum atomic E-state index is 0.208. The Morgan fingerprint density at radius 1 is 1.15 bits per heavy atom. The molecule has 0 bridgehead atoms. The second-order valence-corrected chi connectivity index (χ2v) is 6.75. The van der Waals surface area contributed by atoms with Crippen molar-refractivity contribution in [3.63, 3.8) is 0 Å². The molecule has 1 aromatic carbocycles. The average molecular weight is 275 g/mol. The van der Waals surface area contributed by atoms with Crippen molar-refractivity contribution < 1.29 is 5.11 Å². The van der Waals surface area contributed by atoms with Crippen LogP contribution in [-0.4, -0.2) is 11.1 Å². The molecule has 20 heavy (non-hydrogen) atoms. The normalized spacial score (nSPS) is 24.9. The van der Waals surface area contributed by atoms with Gasteiger partial charge in [0, 0.05) is 17.6 Å². The molecule has 112 valence electrons. The summed E-state index contributed by atoms with van der Waals surface area (Å²) in [7, 11) is 0. The molecule has 2 heteroatoms. The van der Waals surface area contributed by atoms with Crippen LogP contribution in [0.15, 0.2) is 18.2 Å². The number of benzene rings is 1. The van der Waals surface area contributed by atoms with E-state index in [1.54, 1.807) is 0 Å². The van der Waals surface area contributed by atoms with Crippen LogP contribution in [0, 0.1) is 18.8 Å². The topological polar surface area (TPSA) is 32.3 Å². The molecule has 2 N–H and O–H groups in total. The van der Waals surface area contributed by atoms with Crippen LogP contribution < -0.4 is 5.32 Å². The first kappa shape index (κ1) is 15.4. The van der Waals surface area contributed by atoms with Gasteiger partial charge in [-0.1, -0.05) is 38.8 Å². The number of hydrogen-bond donors (Lipinski definition) is 2. The first-order valence-electron chi connectivity index (χ1n) is 8.04. The summed E-state index contributed by atoms with van der Waals surface area (Å²) in [6.07, 6.45) is 5.29. The molecule has 0 aromatic heterocycles. The maximum absolute atomic E-state index is 10.1. The van der Waals surface area contributed by atoms with Gasteiger partial charge in [-0.2, -0.15) is 0 Å². The fraction of sp³-hybridized carbons (Fsp3) is 0.667. The first-order chi connectivity index (χ1) is 9.49. The predicted octanol–water partition coefficient (Wildman–Crippen LogP) is 4.57. The minimum Gasteiger partial charge on any atom is -0.508 e. The zero-order valence-corrected chi connectivity index (χ0v) is 13.3. The molecule has 0 aliphatic heterocycles. The van der Waals surface area contributed by atoms with E-state index in [0.29, 0.717) is 11.8 Å². The van der Waals surface area contributed by atoms with Crippen LogP contribution >= 0.6 is 0 Å². The van der Waals surface area contributed by atoms with Crippen LogP contribution in [0.25, 0.3) is 0 Å². The maximum Gasteiger partial charge on any atom is 0.120 e. The van der Waals surface area contributed by atoms with E-state index >= 15 is 0 Å². The summed E-state index contributed by atoms with van der Waals surface area (Å²) in [6, 6.07) is 6.78. The molecule has 1 saturated carbocycles. The summed E-state index contributed by atoms with van der Waals surface area (Å²) in [5.74, 6) is 1.91. The lowest BCUT2D eigenvalue weighted by Gasteiger charge is -2.37. The number of nitrogens with one attached hydrogen (secondary N) is 1. The van der Waals surface area contributed by atoms with E-state index in [9.17, 15) is 5.11 Å². The molecule has 0 radical (unpaired) electrons. The Morgan fingerprint density at radius 3 is 2.50 bits per heavy atom. The van der Waals surface area contributed by atoms with Gasteiger partial charge in [0.2, 0.25) is 0 Å². The summed E-state index contributed by atoms with van der Waals surface area (Å²) in [5, 5.41) is 13.9. The Balaban J connectivity index is 2.07. The first-order valence-corrected chi connectivity index (χ1v) is 8.04. The highest BCUT2D eigenvalue weighted by atomic mass is 16.3. The summed E-state index contributed by atoms with van der Waals surface area (Å²) in [4.78, 5) is 0. The van der Waals surface area contributed by atoms with Gasteiger partial charge < -0.3 is 10.4 Å². The molecule has 1 aromatic rings. The van der Waals surface area contributed by atoms with Crippen molar-refractivity contribution >= 4 is 0 Å². The second kappa shape index (κ2) is 6.62. The lowest BCUT2D eigenvalue weighted by Crippen LogP contribution is -2.42. The van der Waals surface area contributed by atoms with Gasteiger partial charge in [-0.3, -0.25) is 0 Å². The third-order valence-electron chi connectivity index (χ3n) is 4.79. The SMILES string of the molecule is Cc1ccc(C(C)NC2CCCCC2C(C)C)c(O)c1. The smallest absolute Gasteiger partial charge is 0.120 e. The van der Waals surface area contributed by atoms with Gasteiger partial charge in [0.15, 0.2) is 0 Å². The van der Waals surface area contributed by atoms with E-state index in [4.69, 9.17) is 0 Å². The number of phenolic OH excluding ortho intramolecular Hbond substituents is 1. The molecule has 0 heterocycles. The molecule has 3 atom stereocenters. The maximum atomic E-state index is 10.1. The summed E-state index contributed by atoms with van der Waals surface area (Å²) >= 11 is 0. The third-order valence-corrected chi connectivity index (χ3v) is 4.79. The molecular formula is C18H29NO. The summed E-state index contributed by atoms with van der Waals surface area (Å²) in [6.45, 7) is 8.84. The van der Waals surface area contributed by atoms with Crippen molar-refractivity contribution in [3.05, 3.63) is 29.3 Å². The van der Waals surface area contributed by atoms with Gasteiger partial charge in [-0.05, 0) is 50.2 Å². The number of hydrogen-bond acceptors (Lipinski definition) is 2. The molecule has 3 unspecified atom stereocenters. The highest BCUT2D eigenvalue weighted by molar-refractivity contribution is 5.37. The van der Waals surface area contributed by atoms with Crippen LogP contribution in [0.4, 0.5) is 0 Å². The summed E-state index contributed by atoms with van der Waals surface area (Å²) in [5.41, 5.74) is 2.12. The lowest BCUT2D eigenvalue weighted by atomic mass is 9.77. The summed E-state index contributed by atoms with van der Waals surface area (Å²) < 4.78 is 0. The van der Waals surface area contributed by atoms with Gasteiger partial charge in [0.05, 0.1) is 0 Å². The number of aromatic hydroxyl groups is 1. The van der Waals surface area contributed by atoms with Crippen molar-refractivity contribution in [3.8, 4) is 5.75 Å². The largest absolute Gasteiger partial charge is 0.508 e. The van der Waals surface area contributed by atoms with Gasteiger partial charge in [-0.15, -0.1) is 0 Å². The Labute approximate surface area is 123 Å². The molecule has 1 aliphatic carbocycles. The molecule has 1 aliphatic rings. The number of phenols is 1. The minimum absolute atomic E-state index is 0.208. The molecule has 1 fully saturated rings. The van der Waals surface area contributed by atoms with Crippen molar-refractivity contribution in [1.82, 2.24) is 5.32 Å². The highest BCUT2D eigenvalue weighted by Crippen LogP contribution is 2.33. The van der Waals surface area contributed by atoms with E-state index in [1.165, 1.54) is 25.7 Å². The second-order valence-electron chi connectivity index (χ2n) is 6.75. The van der Waals surface area contributed by atoms with E-state index < -0.39 is 0 Å². The number of aryl methyl sites for hydroxylation is 1. The fourth-order valence-corrected chi connectivity index (χ4v) is 3.60. The van der Waals surface area contributed by atoms with Crippen molar-refractivity contribution in [1.29, 1.82) is 0 Å². The molecule has 0 saturated heterocycles. The van der Waals surface area contributed by atoms with Gasteiger partial charge in [-0.25, -0.2) is 0 Å². The Hall–Kier alpha value is -1.02. The Morgan fingerprint density at radius 2 is 1.85 bits per heavy atom. The Bertz CT molecular complexity index is 441. The number of rotatable bonds is 4. The lowest BCUT2D eigenvalue weighted by molar-refractivity contribution is 0.194. The molecule has 2 nitrogen and oxygen atoms in total. The predicted molar refractivity (Wildman–Crippen MR) is 85.0 cm³/mol. The zero-order valence-electron chi connectivity index (χ0n) is 13.3. The third kappa shape index (κ3) is 3.54. The van der Waals surface area contributed by atoms with Crippen LogP contribution in [0.2, 0.25) is 0 Å². The van der Waals surface area contributed by atoms with Gasteiger partial charge >= 0.3 is 0 Å². The monoisotopic (exact) mass is 275 g/mol. The van der Waals surface area contributed by atoms with E-state index in [1.807, 2.05) is 13.0 Å². The fourth-order valence-electron chi connectivity index (χ4n) is 3.60. The molecule has 0 amide bonds.